The number of carbonyl (C=O) groups excluding carboxylic acids is 1. The number of hydrogen-bond donors (Lipinski definition) is 4. The number of primary amides is 1. The fourth-order valence-corrected chi connectivity index (χ4v) is 3.52. The van der Waals surface area contributed by atoms with Crippen LogP contribution in [-0.2, 0) is 6.54 Å². The third-order valence-corrected chi connectivity index (χ3v) is 5.28. The van der Waals surface area contributed by atoms with Crippen LogP contribution in [0.3, 0.4) is 0 Å². The molecule has 3 aromatic rings. The molecule has 33 heavy (non-hydrogen) atoms. The van der Waals surface area contributed by atoms with Crippen LogP contribution in [0.2, 0.25) is 0 Å². The zero-order valence-corrected chi connectivity index (χ0v) is 18.5. The Morgan fingerprint density at radius 2 is 2.00 bits per heavy atom. The number of benzene rings is 1. The molecule has 2 atom stereocenters. The SMILES string of the molecule is CCCC[C@@H](Nc1nc(Nc2ccc3c(cnn3CC(F)F)c2)c(C(N)=O)cc1F)[C@H](C)N. The number of nitrogens with zero attached hydrogens (tertiary/aromatic N) is 3. The standard InChI is InChI=1S/C22H28F3N7O/c1-3-4-5-17(12(2)26)30-22-16(23)9-15(20(27)33)21(31-22)29-14-6-7-18-13(8-14)10-28-32(18)11-19(24)25/h6-10,12,17,19H,3-5,11,26H2,1-2H3,(H2,27,33)(H2,29,30,31)/t12-,17+/m0/s1. The first-order valence-corrected chi connectivity index (χ1v) is 10.7. The highest BCUT2D eigenvalue weighted by atomic mass is 19.3. The summed E-state index contributed by atoms with van der Waals surface area (Å²) >= 11 is 0. The molecule has 0 aliphatic rings. The molecule has 0 aliphatic heterocycles. The van der Waals surface area contributed by atoms with Gasteiger partial charge in [-0.3, -0.25) is 9.48 Å². The normalized spacial score (nSPS) is 13.3. The number of hydrogen-bond acceptors (Lipinski definition) is 6. The Balaban J connectivity index is 1.92. The predicted molar refractivity (Wildman–Crippen MR) is 122 cm³/mol. The molecule has 0 spiro atoms. The number of nitrogens with two attached hydrogens (primary N) is 2. The summed E-state index contributed by atoms with van der Waals surface area (Å²) in [5, 5.41) is 10.6. The van der Waals surface area contributed by atoms with E-state index >= 15 is 0 Å². The number of nitrogens with one attached hydrogen (secondary N) is 2. The second-order valence-corrected chi connectivity index (χ2v) is 7.95. The van der Waals surface area contributed by atoms with Gasteiger partial charge in [0.15, 0.2) is 11.6 Å². The topological polar surface area (TPSA) is 124 Å². The number of fused-ring (bicyclic) bond motifs is 1. The van der Waals surface area contributed by atoms with Gasteiger partial charge in [0.05, 0.1) is 17.3 Å². The summed E-state index contributed by atoms with van der Waals surface area (Å²) in [6.07, 6.45) is 1.53. The number of rotatable bonds is 11. The molecule has 178 valence electrons. The van der Waals surface area contributed by atoms with Gasteiger partial charge in [0, 0.05) is 23.2 Å². The van der Waals surface area contributed by atoms with Gasteiger partial charge in [-0.25, -0.2) is 18.2 Å². The zero-order valence-electron chi connectivity index (χ0n) is 18.5. The number of amides is 1. The second-order valence-electron chi connectivity index (χ2n) is 7.95. The van der Waals surface area contributed by atoms with Crippen molar-refractivity contribution in [1.29, 1.82) is 0 Å². The van der Waals surface area contributed by atoms with Gasteiger partial charge < -0.3 is 22.1 Å². The van der Waals surface area contributed by atoms with E-state index in [-0.39, 0.29) is 29.3 Å². The van der Waals surface area contributed by atoms with E-state index in [1.54, 1.807) is 18.2 Å². The lowest BCUT2D eigenvalue weighted by Gasteiger charge is -2.23. The molecule has 3 rings (SSSR count). The molecular weight excluding hydrogens is 435 g/mol. The van der Waals surface area contributed by atoms with Crippen LogP contribution < -0.4 is 22.1 Å². The first kappa shape index (κ1) is 24.3. The fourth-order valence-electron chi connectivity index (χ4n) is 3.52. The van der Waals surface area contributed by atoms with Crippen LogP contribution in [-0.4, -0.2) is 39.2 Å². The summed E-state index contributed by atoms with van der Waals surface area (Å²) in [7, 11) is 0. The maximum absolute atomic E-state index is 14.7. The molecule has 0 aliphatic carbocycles. The molecule has 0 fully saturated rings. The molecule has 8 nitrogen and oxygen atoms in total. The van der Waals surface area contributed by atoms with E-state index in [2.05, 4.69) is 27.6 Å². The zero-order chi connectivity index (χ0) is 24.1. The highest BCUT2D eigenvalue weighted by Gasteiger charge is 2.20. The van der Waals surface area contributed by atoms with Crippen LogP contribution in [0.25, 0.3) is 10.9 Å². The minimum Gasteiger partial charge on any atom is -0.365 e. The second kappa shape index (κ2) is 10.5. The van der Waals surface area contributed by atoms with Crippen LogP contribution in [0.15, 0.2) is 30.5 Å². The summed E-state index contributed by atoms with van der Waals surface area (Å²) in [5.41, 5.74) is 12.4. The van der Waals surface area contributed by atoms with Crippen LogP contribution in [0.5, 0.6) is 0 Å². The van der Waals surface area contributed by atoms with Crippen molar-refractivity contribution in [3.8, 4) is 0 Å². The van der Waals surface area contributed by atoms with Crippen molar-refractivity contribution < 1.29 is 18.0 Å². The van der Waals surface area contributed by atoms with Gasteiger partial charge in [-0.2, -0.15) is 5.10 Å². The Hall–Kier alpha value is -3.34. The van der Waals surface area contributed by atoms with E-state index < -0.39 is 24.7 Å². The summed E-state index contributed by atoms with van der Waals surface area (Å²) in [5.74, 6) is -1.56. The number of pyridine rings is 1. The Morgan fingerprint density at radius 1 is 1.24 bits per heavy atom. The lowest BCUT2D eigenvalue weighted by Crippen LogP contribution is -2.38. The molecule has 1 aromatic carbocycles. The van der Waals surface area contributed by atoms with E-state index in [4.69, 9.17) is 11.5 Å². The lowest BCUT2D eigenvalue weighted by atomic mass is 10.0. The van der Waals surface area contributed by atoms with Gasteiger partial charge in [0.2, 0.25) is 0 Å². The maximum atomic E-state index is 14.7. The third-order valence-electron chi connectivity index (χ3n) is 5.28. The van der Waals surface area contributed by atoms with Crippen LogP contribution in [0, 0.1) is 5.82 Å². The first-order valence-electron chi connectivity index (χ1n) is 10.7. The van der Waals surface area contributed by atoms with Crippen molar-refractivity contribution in [2.24, 2.45) is 11.5 Å². The number of carbonyl (C=O) groups is 1. The van der Waals surface area contributed by atoms with Gasteiger partial charge in [-0.05, 0) is 37.6 Å². The van der Waals surface area contributed by atoms with E-state index in [9.17, 15) is 18.0 Å². The molecule has 0 saturated heterocycles. The largest absolute Gasteiger partial charge is 0.365 e. The number of unbranched alkanes of at least 4 members (excludes halogenated alkanes) is 1. The van der Waals surface area contributed by atoms with E-state index in [0.717, 1.165) is 25.3 Å². The van der Waals surface area contributed by atoms with Gasteiger partial charge in [0.25, 0.3) is 12.3 Å². The van der Waals surface area contributed by atoms with Crippen molar-refractivity contribution in [2.75, 3.05) is 10.6 Å². The van der Waals surface area contributed by atoms with Gasteiger partial charge in [-0.1, -0.05) is 19.8 Å². The van der Waals surface area contributed by atoms with Crippen molar-refractivity contribution in [1.82, 2.24) is 14.8 Å². The molecule has 2 heterocycles. The minimum atomic E-state index is -2.53. The van der Waals surface area contributed by atoms with Gasteiger partial charge in [0.1, 0.15) is 12.4 Å². The molecule has 0 unspecified atom stereocenters. The van der Waals surface area contributed by atoms with Gasteiger partial charge >= 0.3 is 0 Å². The highest BCUT2D eigenvalue weighted by molar-refractivity contribution is 5.99. The van der Waals surface area contributed by atoms with Crippen LogP contribution in [0.1, 0.15) is 43.5 Å². The van der Waals surface area contributed by atoms with Crippen molar-refractivity contribution in [3.63, 3.8) is 0 Å². The Labute approximate surface area is 189 Å². The number of anilines is 3. The van der Waals surface area contributed by atoms with Crippen molar-refractivity contribution in [3.05, 3.63) is 41.8 Å². The molecule has 0 bridgehead atoms. The molecule has 1 amide bonds. The van der Waals surface area contributed by atoms with Crippen LogP contribution >= 0.6 is 0 Å². The summed E-state index contributed by atoms with van der Waals surface area (Å²) in [4.78, 5) is 16.2. The molecule has 2 aromatic heterocycles. The Bertz CT molecular complexity index is 1120. The van der Waals surface area contributed by atoms with E-state index in [0.29, 0.717) is 16.6 Å². The van der Waals surface area contributed by atoms with Gasteiger partial charge in [-0.15, -0.1) is 0 Å². The van der Waals surface area contributed by atoms with Crippen molar-refractivity contribution >= 4 is 34.1 Å². The predicted octanol–water partition coefficient (Wildman–Crippen LogP) is 4.00. The first-order chi connectivity index (χ1) is 15.7. The lowest BCUT2D eigenvalue weighted by molar-refractivity contribution is 0.1000. The van der Waals surface area contributed by atoms with Crippen LogP contribution in [0.4, 0.5) is 30.5 Å². The summed E-state index contributed by atoms with van der Waals surface area (Å²) in [6.45, 7) is 3.36. The monoisotopic (exact) mass is 463 g/mol. The molecule has 0 radical (unpaired) electrons. The average molecular weight is 464 g/mol. The molecular formula is C22H28F3N7O. The Morgan fingerprint density at radius 3 is 2.64 bits per heavy atom. The molecule has 11 heteroatoms. The highest BCUT2D eigenvalue weighted by Crippen LogP contribution is 2.27. The Kier molecular flexibility index (Phi) is 7.75. The minimum absolute atomic E-state index is 0.0493. The average Bonchev–Trinajstić information content (AvgIpc) is 3.13. The number of alkyl halides is 2. The number of halogens is 3. The van der Waals surface area contributed by atoms with Crippen molar-refractivity contribution in [2.45, 2.75) is 58.2 Å². The molecule has 0 saturated carbocycles. The third kappa shape index (κ3) is 5.92. The fraction of sp³-hybridized carbons (Fsp3) is 0.409. The smallest absolute Gasteiger partial charge is 0.257 e. The summed E-state index contributed by atoms with van der Waals surface area (Å²) in [6, 6.07) is 5.47. The molecule has 6 N–H and O–H groups in total. The number of aromatic nitrogens is 3. The quantitative estimate of drug-likeness (QED) is 0.341. The maximum Gasteiger partial charge on any atom is 0.257 e. The van der Waals surface area contributed by atoms with E-state index in [1.165, 1.54) is 10.9 Å². The van der Waals surface area contributed by atoms with E-state index in [1.807, 2.05) is 6.92 Å². The summed E-state index contributed by atoms with van der Waals surface area (Å²) < 4.78 is 41.4.